The van der Waals surface area contributed by atoms with Crippen molar-refractivity contribution in [1.29, 1.82) is 0 Å². The van der Waals surface area contributed by atoms with Crippen molar-refractivity contribution in [2.24, 2.45) is 0 Å². The number of amides is 2. The Morgan fingerprint density at radius 3 is 2.76 bits per heavy atom. The van der Waals surface area contributed by atoms with Gasteiger partial charge in [-0.15, -0.1) is 0 Å². The topological polar surface area (TPSA) is 63.7 Å². The van der Waals surface area contributed by atoms with Crippen molar-refractivity contribution in [2.45, 2.75) is 32.8 Å². The first-order valence-corrected chi connectivity index (χ1v) is 10.1. The molecule has 0 radical (unpaired) electrons. The van der Waals surface area contributed by atoms with Crippen LogP contribution in [0.15, 0.2) is 54.4 Å². The van der Waals surface area contributed by atoms with E-state index in [-0.39, 0.29) is 12.1 Å². The van der Waals surface area contributed by atoms with Crippen LogP contribution in [0.4, 0.5) is 10.5 Å². The number of likely N-dealkylation sites (tertiary alicyclic amines) is 1. The molecule has 0 spiro atoms. The highest BCUT2D eigenvalue weighted by Gasteiger charge is 2.19. The van der Waals surface area contributed by atoms with Gasteiger partial charge >= 0.3 is 6.03 Å². The van der Waals surface area contributed by atoms with Gasteiger partial charge in [0, 0.05) is 19.3 Å². The molecule has 6 heteroatoms. The number of anilines is 1. The lowest BCUT2D eigenvalue weighted by Gasteiger charge is -2.28. The predicted octanol–water partition coefficient (Wildman–Crippen LogP) is 4.60. The summed E-state index contributed by atoms with van der Waals surface area (Å²) in [5.74, 6) is 0.847. The number of nitrogens with one attached hydrogen (secondary N) is 1. The van der Waals surface area contributed by atoms with Gasteiger partial charge in [-0.2, -0.15) is 0 Å². The molecule has 154 valence electrons. The van der Waals surface area contributed by atoms with Gasteiger partial charge in [0.1, 0.15) is 12.4 Å². The Hall–Kier alpha value is -2.86. The van der Waals surface area contributed by atoms with Crippen molar-refractivity contribution in [2.75, 3.05) is 31.6 Å². The van der Waals surface area contributed by atoms with E-state index in [1.165, 1.54) is 5.57 Å². The Morgan fingerprint density at radius 1 is 1.21 bits per heavy atom. The number of ether oxygens (including phenoxy) is 2. The van der Waals surface area contributed by atoms with Crippen LogP contribution in [0.5, 0.6) is 5.75 Å². The number of carbonyl (C=O) groups is 1. The zero-order valence-corrected chi connectivity index (χ0v) is 17.1. The number of hydrogen-bond acceptors (Lipinski definition) is 4. The van der Waals surface area contributed by atoms with E-state index in [2.05, 4.69) is 22.4 Å². The molecule has 0 atom stereocenters. The number of piperidine rings is 1. The maximum Gasteiger partial charge on any atom is 0.321 e. The molecule has 0 aliphatic carbocycles. The minimum absolute atomic E-state index is 0.0731. The molecule has 29 heavy (non-hydrogen) atoms. The zero-order chi connectivity index (χ0) is 20.5. The van der Waals surface area contributed by atoms with Crippen molar-refractivity contribution < 1.29 is 14.3 Å². The predicted molar refractivity (Wildman–Crippen MR) is 115 cm³/mol. The van der Waals surface area contributed by atoms with Crippen LogP contribution in [-0.4, -0.2) is 48.3 Å². The van der Waals surface area contributed by atoms with Crippen molar-refractivity contribution in [1.82, 2.24) is 9.88 Å². The fourth-order valence-electron chi connectivity index (χ4n) is 3.15. The van der Waals surface area contributed by atoms with E-state index in [1.54, 1.807) is 12.4 Å². The fraction of sp³-hybridized carbons (Fsp3) is 0.391. The van der Waals surface area contributed by atoms with Crippen LogP contribution >= 0.6 is 0 Å². The Balaban J connectivity index is 1.49. The third-order valence-electron chi connectivity index (χ3n) is 4.64. The van der Waals surface area contributed by atoms with E-state index in [9.17, 15) is 4.79 Å². The first-order valence-electron chi connectivity index (χ1n) is 10.1. The number of nitrogens with zero attached hydrogens (tertiary/aromatic N) is 2. The van der Waals surface area contributed by atoms with Gasteiger partial charge < -0.3 is 19.7 Å². The monoisotopic (exact) mass is 395 g/mol. The van der Waals surface area contributed by atoms with Crippen LogP contribution in [0.3, 0.4) is 0 Å². The van der Waals surface area contributed by atoms with E-state index in [0.717, 1.165) is 29.8 Å². The third-order valence-corrected chi connectivity index (χ3v) is 4.64. The minimum Gasteiger partial charge on any atom is -0.491 e. The van der Waals surface area contributed by atoms with Crippen LogP contribution in [0, 0.1) is 0 Å². The van der Waals surface area contributed by atoms with Crippen LogP contribution in [0.1, 0.15) is 32.3 Å². The number of carbonyl (C=O) groups excluding carboxylic acids is 1. The fourth-order valence-corrected chi connectivity index (χ4v) is 3.15. The highest BCUT2D eigenvalue weighted by atomic mass is 16.5. The molecule has 1 aromatic heterocycles. The Kier molecular flexibility index (Phi) is 7.64. The smallest absolute Gasteiger partial charge is 0.321 e. The molecule has 6 nitrogen and oxygen atoms in total. The van der Waals surface area contributed by atoms with E-state index < -0.39 is 0 Å². The third kappa shape index (κ3) is 6.91. The molecular weight excluding hydrogens is 366 g/mol. The summed E-state index contributed by atoms with van der Waals surface area (Å²) in [4.78, 5) is 18.3. The molecule has 3 rings (SSSR count). The molecule has 2 heterocycles. The maximum atomic E-state index is 12.4. The average Bonchev–Trinajstić information content (AvgIpc) is 2.73. The lowest BCUT2D eigenvalue weighted by Crippen LogP contribution is -2.39. The van der Waals surface area contributed by atoms with Gasteiger partial charge in [0.15, 0.2) is 0 Å². The summed E-state index contributed by atoms with van der Waals surface area (Å²) in [6.45, 7) is 6.57. The second-order valence-corrected chi connectivity index (χ2v) is 7.30. The summed E-state index contributed by atoms with van der Waals surface area (Å²) in [6, 6.07) is 11.7. The maximum absolute atomic E-state index is 12.4. The highest BCUT2D eigenvalue weighted by molar-refractivity contribution is 5.89. The first-order chi connectivity index (χ1) is 14.1. The van der Waals surface area contributed by atoms with E-state index in [1.807, 2.05) is 49.1 Å². The lowest BCUT2D eigenvalue weighted by atomic mass is 10.0. The molecule has 1 aliphatic heterocycles. The molecule has 1 N–H and O–H groups in total. The van der Waals surface area contributed by atoms with Crippen molar-refractivity contribution in [3.05, 3.63) is 59.9 Å². The number of hydrogen-bond donors (Lipinski definition) is 1. The Bertz CT molecular complexity index is 811. The van der Waals surface area contributed by atoms with Gasteiger partial charge in [-0.25, -0.2) is 4.79 Å². The molecule has 1 aliphatic rings. The second kappa shape index (κ2) is 10.6. The summed E-state index contributed by atoms with van der Waals surface area (Å²) >= 11 is 0. The molecule has 0 unspecified atom stereocenters. The number of benzene rings is 1. The van der Waals surface area contributed by atoms with Crippen LogP contribution in [-0.2, 0) is 4.74 Å². The van der Waals surface area contributed by atoms with E-state index >= 15 is 0 Å². The molecule has 0 bridgehead atoms. The molecule has 0 saturated carbocycles. The largest absolute Gasteiger partial charge is 0.491 e. The van der Waals surface area contributed by atoms with Gasteiger partial charge in [-0.3, -0.25) is 4.98 Å². The highest BCUT2D eigenvalue weighted by Crippen LogP contribution is 2.22. The molecule has 2 amide bonds. The Morgan fingerprint density at radius 2 is 2.03 bits per heavy atom. The number of pyridine rings is 1. The molecule has 1 saturated heterocycles. The number of rotatable bonds is 7. The summed E-state index contributed by atoms with van der Waals surface area (Å²) in [5.41, 5.74) is 3.18. The van der Waals surface area contributed by atoms with E-state index in [0.29, 0.717) is 26.3 Å². The van der Waals surface area contributed by atoms with Crippen LogP contribution < -0.4 is 10.1 Å². The van der Waals surface area contributed by atoms with Gasteiger partial charge in [0.2, 0.25) is 0 Å². The lowest BCUT2D eigenvalue weighted by molar-refractivity contribution is 0.0552. The van der Waals surface area contributed by atoms with Crippen LogP contribution in [0.2, 0.25) is 0 Å². The first kappa shape index (κ1) is 20.9. The van der Waals surface area contributed by atoms with Crippen LogP contribution in [0.25, 0.3) is 6.08 Å². The Labute approximate surface area is 172 Å². The molecule has 2 aromatic rings. The number of urea groups is 1. The van der Waals surface area contributed by atoms with E-state index in [4.69, 9.17) is 9.47 Å². The number of aromatic nitrogens is 1. The summed E-state index contributed by atoms with van der Waals surface area (Å²) < 4.78 is 11.3. The molecule has 1 fully saturated rings. The summed E-state index contributed by atoms with van der Waals surface area (Å²) in [7, 11) is 0. The van der Waals surface area contributed by atoms with Crippen molar-refractivity contribution in [3.63, 3.8) is 0 Å². The van der Waals surface area contributed by atoms with Gasteiger partial charge in [-0.05, 0) is 56.5 Å². The quantitative estimate of drug-likeness (QED) is 0.696. The van der Waals surface area contributed by atoms with Gasteiger partial charge in [0.05, 0.1) is 24.6 Å². The summed E-state index contributed by atoms with van der Waals surface area (Å²) in [6.07, 6.45) is 7.49. The average molecular weight is 396 g/mol. The van der Waals surface area contributed by atoms with Crippen molar-refractivity contribution in [3.8, 4) is 5.75 Å². The second-order valence-electron chi connectivity index (χ2n) is 7.30. The molecule has 1 aromatic carbocycles. The SMILES string of the molecule is CC(C)OCCOc1cccc(C=C2CCN(C(=O)Nc3cccnc3)CC2)c1. The van der Waals surface area contributed by atoms with Gasteiger partial charge in [0.25, 0.3) is 0 Å². The van der Waals surface area contributed by atoms with Crippen molar-refractivity contribution >= 4 is 17.8 Å². The summed E-state index contributed by atoms with van der Waals surface area (Å²) in [5, 5.41) is 2.89. The minimum atomic E-state index is -0.0731. The molecular formula is C23H29N3O3. The normalized spacial score (nSPS) is 14.0. The standard InChI is InChI=1S/C23H29N3O3/c1-18(2)28-13-14-29-22-7-3-5-20(16-22)15-19-8-11-26(12-9-19)23(27)25-21-6-4-10-24-17-21/h3-7,10,15-18H,8-9,11-14H2,1-2H3,(H,25,27). The van der Waals surface area contributed by atoms with Gasteiger partial charge in [-0.1, -0.05) is 23.8 Å². The zero-order valence-electron chi connectivity index (χ0n) is 17.1.